The van der Waals surface area contributed by atoms with E-state index in [1.165, 1.54) is 11.1 Å². The Morgan fingerprint density at radius 3 is 2.42 bits per heavy atom. The molecule has 2 aromatic rings. The Hall–Kier alpha value is -3.14. The lowest BCUT2D eigenvalue weighted by Gasteiger charge is -2.31. The first-order chi connectivity index (χ1) is 16.0. The first-order valence-electron chi connectivity index (χ1n) is 12.1. The summed E-state index contributed by atoms with van der Waals surface area (Å²) in [6.45, 7) is 16.6. The summed E-state index contributed by atoms with van der Waals surface area (Å²) in [6.07, 6.45) is 6.99. The first kappa shape index (κ1) is 26.1. The van der Waals surface area contributed by atoms with Crippen molar-refractivity contribution in [2.45, 2.75) is 66.8 Å². The number of carbonyl (C=O) groups excluding carboxylic acids is 1. The zero-order valence-corrected chi connectivity index (χ0v) is 21.3. The van der Waals surface area contributed by atoms with Gasteiger partial charge in [-0.05, 0) is 73.6 Å². The van der Waals surface area contributed by atoms with E-state index < -0.39 is 0 Å². The van der Waals surface area contributed by atoms with E-state index in [4.69, 9.17) is 0 Å². The molecule has 2 aliphatic rings. The molecule has 0 aliphatic carbocycles. The number of amides is 1. The van der Waals surface area contributed by atoms with Gasteiger partial charge in [0.1, 0.15) is 0 Å². The molecule has 1 aromatic carbocycles. The summed E-state index contributed by atoms with van der Waals surface area (Å²) in [7, 11) is 1.84. The summed E-state index contributed by atoms with van der Waals surface area (Å²) in [5.41, 5.74) is 8.19. The fraction of sp³-hybridized carbons (Fsp3) is 0.379. The van der Waals surface area contributed by atoms with Crippen molar-refractivity contribution in [2.75, 3.05) is 7.05 Å². The van der Waals surface area contributed by atoms with Crippen LogP contribution in [0, 0.1) is 6.92 Å². The quantitative estimate of drug-likeness (QED) is 0.552. The SMILES string of the molecule is C=C1C2=C(C)C(CCCc3ccnc(C)c3)NC=C2N(C)C(=O)c2ccccc21.CC.CC.[HH]. The number of dihydropyridines is 1. The average molecular weight is 448 g/mol. The molecule has 178 valence electrons. The predicted octanol–water partition coefficient (Wildman–Crippen LogP) is 6.94. The highest BCUT2D eigenvalue weighted by molar-refractivity contribution is 6.05. The minimum atomic E-state index is 0. The molecule has 4 heteroatoms. The molecule has 3 heterocycles. The molecule has 0 bridgehead atoms. The molecule has 0 radical (unpaired) electrons. The molecule has 4 nitrogen and oxygen atoms in total. The summed E-state index contributed by atoms with van der Waals surface area (Å²) in [5.74, 6) is 0.00380. The van der Waals surface area contributed by atoms with Crippen LogP contribution in [0.5, 0.6) is 0 Å². The van der Waals surface area contributed by atoms with E-state index in [0.29, 0.717) is 5.56 Å². The van der Waals surface area contributed by atoms with Crippen molar-refractivity contribution in [2.24, 2.45) is 0 Å². The Morgan fingerprint density at radius 2 is 1.76 bits per heavy atom. The number of nitrogens with one attached hydrogen (secondary N) is 1. The lowest BCUT2D eigenvalue weighted by Crippen LogP contribution is -2.35. The normalized spacial score (nSPS) is 16.8. The van der Waals surface area contributed by atoms with Crippen LogP contribution in [0.1, 0.15) is 76.1 Å². The third-order valence-electron chi connectivity index (χ3n) is 5.96. The van der Waals surface area contributed by atoms with Crippen molar-refractivity contribution in [3.8, 4) is 0 Å². The van der Waals surface area contributed by atoms with Gasteiger partial charge < -0.3 is 10.2 Å². The molecule has 0 fully saturated rings. The Bertz CT molecular complexity index is 1050. The third kappa shape index (κ3) is 5.62. The summed E-state index contributed by atoms with van der Waals surface area (Å²) in [4.78, 5) is 19.0. The summed E-state index contributed by atoms with van der Waals surface area (Å²) in [6, 6.07) is 12.2. The van der Waals surface area contributed by atoms with Gasteiger partial charge in [-0.25, -0.2) is 0 Å². The van der Waals surface area contributed by atoms with Gasteiger partial charge in [0.25, 0.3) is 5.91 Å². The van der Waals surface area contributed by atoms with E-state index in [1.807, 2.05) is 78.3 Å². The molecule has 1 unspecified atom stereocenters. The number of hydrogen-bond donors (Lipinski definition) is 1. The van der Waals surface area contributed by atoms with Gasteiger partial charge in [-0.1, -0.05) is 52.5 Å². The topological polar surface area (TPSA) is 45.2 Å². The number of carbonyl (C=O) groups is 1. The molecule has 1 aromatic heterocycles. The highest BCUT2D eigenvalue weighted by Gasteiger charge is 2.32. The molecule has 1 atom stereocenters. The van der Waals surface area contributed by atoms with Gasteiger partial charge >= 0.3 is 0 Å². The molecule has 4 rings (SSSR count). The van der Waals surface area contributed by atoms with Gasteiger partial charge in [-0.15, -0.1) is 0 Å². The van der Waals surface area contributed by atoms with E-state index in [9.17, 15) is 4.79 Å². The van der Waals surface area contributed by atoms with Crippen LogP contribution in [0.2, 0.25) is 0 Å². The van der Waals surface area contributed by atoms with Gasteiger partial charge in [0.2, 0.25) is 0 Å². The lowest BCUT2D eigenvalue weighted by atomic mass is 9.86. The Morgan fingerprint density at radius 1 is 1.09 bits per heavy atom. The van der Waals surface area contributed by atoms with Gasteiger partial charge in [-0.2, -0.15) is 0 Å². The van der Waals surface area contributed by atoms with Crippen LogP contribution in [-0.4, -0.2) is 28.9 Å². The van der Waals surface area contributed by atoms with Crippen LogP contribution in [0.25, 0.3) is 5.57 Å². The summed E-state index contributed by atoms with van der Waals surface area (Å²) < 4.78 is 0. The molecular formula is C29H41N3O. The number of aryl methyl sites for hydroxylation is 2. The number of likely N-dealkylation sites (N-methyl/N-ethyl adjacent to an activating group) is 1. The Kier molecular flexibility index (Phi) is 9.65. The number of hydrogen-bond acceptors (Lipinski definition) is 3. The highest BCUT2D eigenvalue weighted by Crippen LogP contribution is 2.39. The van der Waals surface area contributed by atoms with Crippen molar-refractivity contribution >= 4 is 11.5 Å². The molecule has 0 saturated carbocycles. The number of nitrogens with zero attached hydrogens (tertiary/aromatic N) is 2. The molecular weight excluding hydrogens is 406 g/mol. The maximum absolute atomic E-state index is 13.0. The number of fused-ring (bicyclic) bond motifs is 2. The summed E-state index contributed by atoms with van der Waals surface area (Å²) >= 11 is 0. The monoisotopic (exact) mass is 447 g/mol. The Labute approximate surface area is 201 Å². The smallest absolute Gasteiger partial charge is 0.258 e. The van der Waals surface area contributed by atoms with Gasteiger partial charge in [0, 0.05) is 43.7 Å². The summed E-state index contributed by atoms with van der Waals surface area (Å²) in [5, 5.41) is 3.52. The second-order valence-electron chi connectivity index (χ2n) is 7.89. The lowest BCUT2D eigenvalue weighted by molar-refractivity contribution is 0.0839. The maximum Gasteiger partial charge on any atom is 0.258 e. The third-order valence-corrected chi connectivity index (χ3v) is 5.96. The zero-order chi connectivity index (χ0) is 24.5. The standard InChI is InChI=1S/C25H27N3O.2C2H6.H2/c1-16-14-19(12-13-26-16)8-7-11-22-18(3)24-17(2)20-9-5-6-10-21(20)25(29)28(4)23(24)15-27-22;2*1-2;/h5-6,9-10,12-15,22,27H,2,7-8,11H2,1,3-4H3;2*1-2H3;1H. The maximum atomic E-state index is 13.0. The minimum Gasteiger partial charge on any atom is -0.383 e. The van der Waals surface area contributed by atoms with E-state index >= 15 is 0 Å². The first-order valence-corrected chi connectivity index (χ1v) is 12.1. The van der Waals surface area contributed by atoms with Crippen LogP contribution in [0.3, 0.4) is 0 Å². The van der Waals surface area contributed by atoms with Gasteiger partial charge in [0.05, 0.1) is 5.70 Å². The van der Waals surface area contributed by atoms with E-state index in [2.05, 4.69) is 35.9 Å². The van der Waals surface area contributed by atoms with Crippen LogP contribution < -0.4 is 5.32 Å². The molecule has 33 heavy (non-hydrogen) atoms. The second kappa shape index (κ2) is 12.2. The van der Waals surface area contributed by atoms with E-state index in [0.717, 1.165) is 47.4 Å². The molecule has 0 spiro atoms. The number of rotatable bonds is 4. The minimum absolute atomic E-state index is 0. The van der Waals surface area contributed by atoms with Crippen molar-refractivity contribution < 1.29 is 6.22 Å². The predicted molar refractivity (Wildman–Crippen MR) is 142 cm³/mol. The number of aromatic nitrogens is 1. The van der Waals surface area contributed by atoms with Crippen LogP contribution in [-0.2, 0) is 6.42 Å². The largest absolute Gasteiger partial charge is 0.383 e. The molecule has 0 saturated heterocycles. The molecule has 1 amide bonds. The van der Waals surface area contributed by atoms with Crippen molar-refractivity contribution in [1.29, 1.82) is 0 Å². The van der Waals surface area contributed by atoms with Crippen molar-refractivity contribution in [1.82, 2.24) is 15.2 Å². The van der Waals surface area contributed by atoms with Crippen molar-refractivity contribution in [3.63, 3.8) is 0 Å². The van der Waals surface area contributed by atoms with Crippen LogP contribution in [0.15, 0.2) is 72.2 Å². The van der Waals surface area contributed by atoms with Crippen molar-refractivity contribution in [3.05, 3.63) is 94.6 Å². The highest BCUT2D eigenvalue weighted by atomic mass is 16.2. The van der Waals surface area contributed by atoms with E-state index in [1.54, 1.807) is 4.90 Å². The fourth-order valence-corrected chi connectivity index (χ4v) is 4.34. The van der Waals surface area contributed by atoms with Crippen LogP contribution >= 0.6 is 0 Å². The Balaban J connectivity index is 0.00000110. The molecule has 2 aliphatic heterocycles. The number of pyridine rings is 1. The number of benzene rings is 1. The zero-order valence-electron chi connectivity index (χ0n) is 21.3. The van der Waals surface area contributed by atoms with E-state index in [-0.39, 0.29) is 13.4 Å². The number of allylic oxidation sites excluding steroid dienone is 1. The second-order valence-corrected chi connectivity index (χ2v) is 7.89. The molecule has 1 N–H and O–H groups in total. The average Bonchev–Trinajstić information content (AvgIpc) is 2.93. The fourth-order valence-electron chi connectivity index (χ4n) is 4.34. The van der Waals surface area contributed by atoms with Gasteiger partial charge in [-0.3, -0.25) is 9.78 Å². The van der Waals surface area contributed by atoms with Gasteiger partial charge in [0.15, 0.2) is 0 Å². The van der Waals surface area contributed by atoms with Crippen LogP contribution in [0.4, 0.5) is 0 Å².